The molecular weight excluding hydrogens is 258 g/mol. The molecule has 1 atom stereocenters. The van der Waals surface area contributed by atoms with Crippen molar-refractivity contribution < 1.29 is 0 Å². The van der Waals surface area contributed by atoms with Gasteiger partial charge in [0.1, 0.15) is 11.6 Å². The summed E-state index contributed by atoms with van der Waals surface area (Å²) in [7, 11) is 0. The SMILES string of the molecule is Cc1cccc(C(CN)Sc2nc(N)cc(N)n2)c1. The molecule has 6 heteroatoms. The first-order chi connectivity index (χ1) is 9.08. The van der Waals surface area contributed by atoms with Crippen molar-refractivity contribution in [1.29, 1.82) is 0 Å². The Morgan fingerprint density at radius 1 is 1.16 bits per heavy atom. The molecular formula is C13H17N5S. The normalized spacial score (nSPS) is 12.3. The van der Waals surface area contributed by atoms with E-state index in [4.69, 9.17) is 17.2 Å². The fraction of sp³-hybridized carbons (Fsp3) is 0.231. The van der Waals surface area contributed by atoms with Crippen molar-refractivity contribution in [2.75, 3.05) is 18.0 Å². The summed E-state index contributed by atoms with van der Waals surface area (Å²) in [5.41, 5.74) is 19.5. The van der Waals surface area contributed by atoms with E-state index >= 15 is 0 Å². The van der Waals surface area contributed by atoms with Crippen molar-refractivity contribution >= 4 is 23.4 Å². The molecule has 0 bridgehead atoms. The van der Waals surface area contributed by atoms with Gasteiger partial charge in [-0.25, -0.2) is 9.97 Å². The molecule has 0 aliphatic carbocycles. The lowest BCUT2D eigenvalue weighted by Gasteiger charge is -2.14. The second-order valence-corrected chi connectivity index (χ2v) is 5.43. The van der Waals surface area contributed by atoms with E-state index in [2.05, 4.69) is 29.0 Å². The molecule has 1 heterocycles. The average molecular weight is 275 g/mol. The molecule has 6 N–H and O–H groups in total. The number of nitrogens with zero attached hydrogens (tertiary/aromatic N) is 2. The molecule has 19 heavy (non-hydrogen) atoms. The first-order valence-corrected chi connectivity index (χ1v) is 6.80. The summed E-state index contributed by atoms with van der Waals surface area (Å²) < 4.78 is 0. The minimum absolute atomic E-state index is 0.0844. The highest BCUT2D eigenvalue weighted by Gasteiger charge is 2.14. The van der Waals surface area contributed by atoms with Gasteiger partial charge in [0.2, 0.25) is 0 Å². The molecule has 0 aliphatic heterocycles. The van der Waals surface area contributed by atoms with Crippen LogP contribution in [-0.2, 0) is 0 Å². The summed E-state index contributed by atoms with van der Waals surface area (Å²) in [6.45, 7) is 2.54. The van der Waals surface area contributed by atoms with Gasteiger partial charge in [-0.1, -0.05) is 41.6 Å². The molecule has 0 spiro atoms. The maximum absolute atomic E-state index is 5.84. The predicted molar refractivity (Wildman–Crippen MR) is 79.7 cm³/mol. The maximum Gasteiger partial charge on any atom is 0.192 e. The predicted octanol–water partition coefficient (Wildman–Crippen LogP) is 1.74. The Labute approximate surface area is 116 Å². The van der Waals surface area contributed by atoms with Gasteiger partial charge < -0.3 is 17.2 Å². The number of aromatic nitrogens is 2. The Kier molecular flexibility index (Phi) is 4.24. The van der Waals surface area contributed by atoms with Crippen LogP contribution in [0.3, 0.4) is 0 Å². The zero-order valence-electron chi connectivity index (χ0n) is 10.7. The van der Waals surface area contributed by atoms with Crippen LogP contribution in [0.15, 0.2) is 35.5 Å². The van der Waals surface area contributed by atoms with E-state index in [-0.39, 0.29) is 5.25 Å². The summed E-state index contributed by atoms with van der Waals surface area (Å²) in [5.74, 6) is 0.741. The zero-order valence-corrected chi connectivity index (χ0v) is 11.5. The summed E-state index contributed by atoms with van der Waals surface area (Å²) in [6, 6.07) is 9.76. The maximum atomic E-state index is 5.84. The van der Waals surface area contributed by atoms with Gasteiger partial charge in [-0.15, -0.1) is 0 Å². The summed E-state index contributed by atoms with van der Waals surface area (Å²) in [6.07, 6.45) is 0. The molecule has 1 aromatic heterocycles. The van der Waals surface area contributed by atoms with Crippen molar-refractivity contribution in [3.63, 3.8) is 0 Å². The number of nitrogens with two attached hydrogens (primary N) is 3. The Hall–Kier alpha value is -1.79. The van der Waals surface area contributed by atoms with E-state index in [1.54, 1.807) is 0 Å². The molecule has 0 saturated carbocycles. The number of hydrogen-bond acceptors (Lipinski definition) is 6. The van der Waals surface area contributed by atoms with Gasteiger partial charge in [0, 0.05) is 17.9 Å². The number of benzene rings is 1. The van der Waals surface area contributed by atoms with Crippen LogP contribution in [0.5, 0.6) is 0 Å². The molecule has 1 unspecified atom stereocenters. The van der Waals surface area contributed by atoms with E-state index in [1.807, 2.05) is 12.1 Å². The van der Waals surface area contributed by atoms with Crippen LogP contribution in [0.25, 0.3) is 0 Å². The van der Waals surface area contributed by atoms with Crippen LogP contribution < -0.4 is 17.2 Å². The van der Waals surface area contributed by atoms with Crippen LogP contribution in [0.2, 0.25) is 0 Å². The number of thioether (sulfide) groups is 1. The zero-order chi connectivity index (χ0) is 13.8. The third kappa shape index (κ3) is 3.59. The summed E-state index contributed by atoms with van der Waals surface area (Å²) >= 11 is 1.47. The molecule has 0 radical (unpaired) electrons. The average Bonchev–Trinajstić information content (AvgIpc) is 2.34. The van der Waals surface area contributed by atoms with Crippen molar-refractivity contribution in [1.82, 2.24) is 9.97 Å². The number of aryl methyl sites for hydroxylation is 1. The van der Waals surface area contributed by atoms with Crippen molar-refractivity contribution in [3.8, 4) is 0 Å². The Morgan fingerprint density at radius 2 is 1.84 bits per heavy atom. The minimum atomic E-state index is 0.0844. The number of hydrogen-bond donors (Lipinski definition) is 3. The van der Waals surface area contributed by atoms with Crippen molar-refractivity contribution in [2.24, 2.45) is 5.73 Å². The Morgan fingerprint density at radius 3 is 2.42 bits per heavy atom. The Balaban J connectivity index is 2.23. The first-order valence-electron chi connectivity index (χ1n) is 5.92. The van der Waals surface area contributed by atoms with E-state index in [9.17, 15) is 0 Å². The quantitative estimate of drug-likeness (QED) is 0.580. The molecule has 1 aromatic carbocycles. The lowest BCUT2D eigenvalue weighted by Crippen LogP contribution is -2.10. The summed E-state index contributed by atoms with van der Waals surface area (Å²) in [5, 5.41) is 0.635. The molecule has 0 amide bonds. The second kappa shape index (κ2) is 5.90. The molecule has 0 fully saturated rings. The van der Waals surface area contributed by atoms with Gasteiger partial charge in [0.25, 0.3) is 0 Å². The fourth-order valence-electron chi connectivity index (χ4n) is 1.76. The monoisotopic (exact) mass is 275 g/mol. The van der Waals surface area contributed by atoms with Gasteiger partial charge in [-0.3, -0.25) is 0 Å². The highest BCUT2D eigenvalue weighted by atomic mass is 32.2. The number of anilines is 2. The lowest BCUT2D eigenvalue weighted by molar-refractivity contribution is 0.913. The topological polar surface area (TPSA) is 104 Å². The van der Waals surface area contributed by atoms with Crippen molar-refractivity contribution in [2.45, 2.75) is 17.3 Å². The molecule has 2 rings (SSSR count). The fourth-order valence-corrected chi connectivity index (χ4v) is 2.71. The van der Waals surface area contributed by atoms with Gasteiger partial charge in [-0.05, 0) is 12.5 Å². The van der Waals surface area contributed by atoms with Crippen LogP contribution in [-0.4, -0.2) is 16.5 Å². The van der Waals surface area contributed by atoms with E-state index < -0.39 is 0 Å². The minimum Gasteiger partial charge on any atom is -0.383 e. The number of nitrogen functional groups attached to an aromatic ring is 2. The van der Waals surface area contributed by atoms with Crippen molar-refractivity contribution in [3.05, 3.63) is 41.5 Å². The van der Waals surface area contributed by atoms with Gasteiger partial charge in [-0.2, -0.15) is 0 Å². The van der Waals surface area contributed by atoms with E-state index in [0.717, 1.165) is 5.56 Å². The first kappa shape index (κ1) is 13.6. The van der Waals surface area contributed by atoms with Crippen LogP contribution in [0.4, 0.5) is 11.6 Å². The molecule has 0 aliphatic rings. The van der Waals surface area contributed by atoms with E-state index in [1.165, 1.54) is 23.4 Å². The second-order valence-electron chi connectivity index (χ2n) is 4.26. The Bertz CT molecular complexity index is 552. The highest BCUT2D eigenvalue weighted by Crippen LogP contribution is 2.33. The number of rotatable bonds is 4. The third-order valence-electron chi connectivity index (χ3n) is 2.62. The highest BCUT2D eigenvalue weighted by molar-refractivity contribution is 7.99. The van der Waals surface area contributed by atoms with E-state index in [0.29, 0.717) is 23.3 Å². The third-order valence-corrected chi connectivity index (χ3v) is 3.76. The standard InChI is InChI=1S/C13H17N5S/c1-8-3-2-4-9(5-8)10(7-14)19-13-17-11(15)6-12(16)18-13/h2-6,10H,7,14H2,1H3,(H4,15,16,17,18). The largest absolute Gasteiger partial charge is 0.383 e. The molecule has 0 saturated heterocycles. The lowest BCUT2D eigenvalue weighted by atomic mass is 10.1. The van der Waals surface area contributed by atoms with Crippen LogP contribution >= 0.6 is 11.8 Å². The smallest absolute Gasteiger partial charge is 0.192 e. The molecule has 100 valence electrons. The molecule has 5 nitrogen and oxygen atoms in total. The van der Waals surface area contributed by atoms with Crippen LogP contribution in [0.1, 0.15) is 16.4 Å². The molecule has 2 aromatic rings. The van der Waals surface area contributed by atoms with Gasteiger partial charge >= 0.3 is 0 Å². The summed E-state index contributed by atoms with van der Waals surface area (Å²) in [4.78, 5) is 8.33. The van der Waals surface area contributed by atoms with Crippen LogP contribution in [0, 0.1) is 6.92 Å². The van der Waals surface area contributed by atoms with Gasteiger partial charge in [0.15, 0.2) is 5.16 Å². The van der Waals surface area contributed by atoms with Gasteiger partial charge in [0.05, 0.1) is 0 Å².